The van der Waals surface area contributed by atoms with Gasteiger partial charge in [-0.2, -0.15) is 11.8 Å². The predicted octanol–water partition coefficient (Wildman–Crippen LogP) is 2.10. The zero-order valence-corrected chi connectivity index (χ0v) is 9.68. The number of aliphatic carboxylic acids is 1. The Morgan fingerprint density at radius 1 is 1.29 bits per heavy atom. The van der Waals surface area contributed by atoms with Gasteiger partial charge < -0.3 is 10.8 Å². The van der Waals surface area contributed by atoms with Gasteiger partial charge in [0.25, 0.3) is 0 Å². The SMILES string of the molecule is CSCCCCCCC[C@@H](N)C(=O)O. The van der Waals surface area contributed by atoms with Crippen LogP contribution in [0, 0.1) is 0 Å². The Morgan fingerprint density at radius 3 is 2.43 bits per heavy atom. The third kappa shape index (κ3) is 8.38. The molecule has 0 amide bonds. The molecule has 0 rings (SSSR count). The van der Waals surface area contributed by atoms with E-state index in [1.54, 1.807) is 0 Å². The van der Waals surface area contributed by atoms with E-state index in [4.69, 9.17) is 10.8 Å². The molecule has 0 heterocycles. The second-order valence-corrected chi connectivity index (χ2v) is 4.48. The van der Waals surface area contributed by atoms with Crippen molar-refractivity contribution in [2.75, 3.05) is 12.0 Å². The summed E-state index contributed by atoms with van der Waals surface area (Å²) in [6.07, 6.45) is 8.49. The van der Waals surface area contributed by atoms with Gasteiger partial charge >= 0.3 is 5.97 Å². The minimum absolute atomic E-state index is 0.609. The molecule has 0 saturated heterocycles. The molecule has 0 aromatic rings. The highest BCUT2D eigenvalue weighted by Gasteiger charge is 2.09. The zero-order chi connectivity index (χ0) is 10.8. The number of nitrogens with two attached hydrogens (primary N) is 1. The Hall–Kier alpha value is -0.220. The van der Waals surface area contributed by atoms with E-state index in [0.717, 1.165) is 12.8 Å². The largest absolute Gasteiger partial charge is 0.480 e. The maximum Gasteiger partial charge on any atom is 0.320 e. The van der Waals surface area contributed by atoms with E-state index in [1.165, 1.54) is 25.0 Å². The van der Waals surface area contributed by atoms with Crippen molar-refractivity contribution < 1.29 is 9.90 Å². The lowest BCUT2D eigenvalue weighted by molar-refractivity contribution is -0.138. The van der Waals surface area contributed by atoms with Crippen LogP contribution in [-0.4, -0.2) is 29.1 Å². The van der Waals surface area contributed by atoms with E-state index >= 15 is 0 Å². The van der Waals surface area contributed by atoms with Gasteiger partial charge in [0.05, 0.1) is 0 Å². The molecule has 4 heteroatoms. The lowest BCUT2D eigenvalue weighted by Gasteiger charge is -2.05. The Labute approximate surface area is 90.4 Å². The number of carboxylic acid groups (broad SMARTS) is 1. The number of thioether (sulfide) groups is 1. The van der Waals surface area contributed by atoms with Gasteiger partial charge in [-0.05, 0) is 24.9 Å². The second-order valence-electron chi connectivity index (χ2n) is 3.49. The number of unbranched alkanes of at least 4 members (excludes halogenated alkanes) is 4. The second kappa shape index (κ2) is 9.34. The Bertz CT molecular complexity index is 153. The van der Waals surface area contributed by atoms with Crippen molar-refractivity contribution in [1.29, 1.82) is 0 Å². The van der Waals surface area contributed by atoms with Crippen molar-refractivity contribution in [2.45, 2.75) is 44.6 Å². The molecule has 0 radical (unpaired) electrons. The zero-order valence-electron chi connectivity index (χ0n) is 8.87. The lowest BCUT2D eigenvalue weighted by atomic mass is 10.1. The molecule has 3 N–H and O–H groups in total. The lowest BCUT2D eigenvalue weighted by Crippen LogP contribution is -2.29. The van der Waals surface area contributed by atoms with Crippen LogP contribution in [0.4, 0.5) is 0 Å². The fourth-order valence-corrected chi connectivity index (χ4v) is 1.76. The van der Waals surface area contributed by atoms with Crippen LogP contribution in [0.25, 0.3) is 0 Å². The van der Waals surface area contributed by atoms with Crippen LogP contribution >= 0.6 is 11.8 Å². The smallest absolute Gasteiger partial charge is 0.320 e. The summed E-state index contributed by atoms with van der Waals surface area (Å²) in [5.41, 5.74) is 5.38. The van der Waals surface area contributed by atoms with E-state index in [9.17, 15) is 4.79 Å². The molecule has 14 heavy (non-hydrogen) atoms. The van der Waals surface area contributed by atoms with Gasteiger partial charge in [0.15, 0.2) is 0 Å². The van der Waals surface area contributed by atoms with Gasteiger partial charge in [0.2, 0.25) is 0 Å². The molecule has 0 aliphatic rings. The summed E-state index contributed by atoms with van der Waals surface area (Å²) in [6, 6.07) is -0.666. The average molecular weight is 219 g/mol. The number of hydrogen-bond donors (Lipinski definition) is 2. The first-order chi connectivity index (χ1) is 6.68. The molecule has 0 spiro atoms. The van der Waals surface area contributed by atoms with E-state index in [-0.39, 0.29) is 0 Å². The molecule has 3 nitrogen and oxygen atoms in total. The number of carboxylic acids is 1. The minimum atomic E-state index is -0.882. The van der Waals surface area contributed by atoms with Crippen LogP contribution in [0.3, 0.4) is 0 Å². The summed E-state index contributed by atoms with van der Waals surface area (Å²) in [5.74, 6) is 0.349. The Kier molecular flexibility index (Phi) is 9.19. The summed E-state index contributed by atoms with van der Waals surface area (Å²) < 4.78 is 0. The van der Waals surface area contributed by atoms with Gasteiger partial charge in [0.1, 0.15) is 6.04 Å². The summed E-state index contributed by atoms with van der Waals surface area (Å²) in [4.78, 5) is 10.4. The Morgan fingerprint density at radius 2 is 1.86 bits per heavy atom. The van der Waals surface area contributed by atoms with Crippen LogP contribution in [-0.2, 0) is 4.79 Å². The molecule has 84 valence electrons. The van der Waals surface area contributed by atoms with Crippen molar-refractivity contribution in [3.8, 4) is 0 Å². The third-order valence-corrected chi connectivity index (χ3v) is 2.88. The standard InChI is InChI=1S/C10H21NO2S/c1-14-8-6-4-2-3-5-7-9(11)10(12)13/h9H,2-8,11H2,1H3,(H,12,13)/t9-/m1/s1. The normalized spacial score (nSPS) is 12.7. The maximum absolute atomic E-state index is 10.4. The van der Waals surface area contributed by atoms with Crippen LogP contribution in [0.2, 0.25) is 0 Å². The fourth-order valence-electron chi connectivity index (χ4n) is 1.26. The summed E-state index contributed by atoms with van der Waals surface area (Å²) in [5, 5.41) is 8.53. The van der Waals surface area contributed by atoms with Gasteiger partial charge in [-0.3, -0.25) is 4.79 Å². The molecule has 0 bridgehead atoms. The summed E-state index contributed by atoms with van der Waals surface area (Å²) in [7, 11) is 0. The number of rotatable bonds is 9. The Balaban J connectivity index is 3.09. The molecule has 0 aliphatic carbocycles. The highest BCUT2D eigenvalue weighted by atomic mass is 32.2. The highest BCUT2D eigenvalue weighted by Crippen LogP contribution is 2.08. The summed E-state index contributed by atoms with van der Waals surface area (Å²) in [6.45, 7) is 0. The van der Waals surface area contributed by atoms with Gasteiger partial charge in [-0.25, -0.2) is 0 Å². The number of carbonyl (C=O) groups is 1. The van der Waals surface area contributed by atoms with Crippen molar-refractivity contribution in [3.63, 3.8) is 0 Å². The molecule has 0 unspecified atom stereocenters. The van der Waals surface area contributed by atoms with Crippen LogP contribution in [0.1, 0.15) is 38.5 Å². The molecule has 0 aromatic heterocycles. The molecular formula is C10H21NO2S. The third-order valence-electron chi connectivity index (χ3n) is 2.18. The molecule has 0 saturated carbocycles. The quantitative estimate of drug-likeness (QED) is 0.583. The van der Waals surface area contributed by atoms with Gasteiger partial charge in [0, 0.05) is 0 Å². The maximum atomic E-state index is 10.4. The van der Waals surface area contributed by atoms with E-state index < -0.39 is 12.0 Å². The van der Waals surface area contributed by atoms with Crippen LogP contribution < -0.4 is 5.73 Å². The molecular weight excluding hydrogens is 198 g/mol. The van der Waals surface area contributed by atoms with Gasteiger partial charge in [-0.1, -0.05) is 25.7 Å². The molecule has 0 aromatic carbocycles. The predicted molar refractivity (Wildman–Crippen MR) is 61.7 cm³/mol. The van der Waals surface area contributed by atoms with Crippen molar-refractivity contribution in [3.05, 3.63) is 0 Å². The first-order valence-electron chi connectivity index (χ1n) is 5.15. The van der Waals surface area contributed by atoms with Crippen LogP contribution in [0.5, 0.6) is 0 Å². The van der Waals surface area contributed by atoms with Crippen LogP contribution in [0.15, 0.2) is 0 Å². The van der Waals surface area contributed by atoms with E-state index in [2.05, 4.69) is 6.26 Å². The topological polar surface area (TPSA) is 63.3 Å². The first-order valence-corrected chi connectivity index (χ1v) is 6.55. The van der Waals surface area contributed by atoms with Crippen molar-refractivity contribution in [2.24, 2.45) is 5.73 Å². The fraction of sp³-hybridized carbons (Fsp3) is 0.900. The molecule has 0 fully saturated rings. The average Bonchev–Trinajstić information content (AvgIpc) is 2.16. The summed E-state index contributed by atoms with van der Waals surface area (Å²) >= 11 is 1.88. The van der Waals surface area contributed by atoms with Crippen molar-refractivity contribution in [1.82, 2.24) is 0 Å². The monoisotopic (exact) mass is 219 g/mol. The minimum Gasteiger partial charge on any atom is -0.480 e. The number of hydrogen-bond acceptors (Lipinski definition) is 3. The first kappa shape index (κ1) is 13.8. The molecule has 1 atom stereocenters. The van der Waals surface area contributed by atoms with E-state index in [0.29, 0.717) is 6.42 Å². The van der Waals surface area contributed by atoms with Crippen molar-refractivity contribution >= 4 is 17.7 Å². The van der Waals surface area contributed by atoms with Gasteiger partial charge in [-0.15, -0.1) is 0 Å². The highest BCUT2D eigenvalue weighted by molar-refractivity contribution is 7.98. The molecule has 0 aliphatic heterocycles. The van der Waals surface area contributed by atoms with E-state index in [1.807, 2.05) is 11.8 Å².